The molecule has 2 aromatic rings. The molecule has 25 heavy (non-hydrogen) atoms. The van der Waals surface area contributed by atoms with Gasteiger partial charge in [-0.05, 0) is 47.7 Å². The zero-order chi connectivity index (χ0) is 18.6. The molecule has 0 aromatic heterocycles. The van der Waals surface area contributed by atoms with Gasteiger partial charge in [0.1, 0.15) is 0 Å². The van der Waals surface area contributed by atoms with Crippen LogP contribution in [0.25, 0.3) is 0 Å². The molecular formula is C19H22ClNO3S. The number of carbonyl (C=O) groups is 1. The Balaban J connectivity index is 2.35. The molecule has 1 N–H and O–H groups in total. The topological polar surface area (TPSA) is 63.2 Å². The molecule has 0 unspecified atom stereocenters. The quantitative estimate of drug-likeness (QED) is 0.815. The molecule has 4 nitrogen and oxygen atoms in total. The Bertz CT molecular complexity index is 892. The van der Waals surface area contributed by atoms with Gasteiger partial charge in [-0.3, -0.25) is 4.79 Å². The van der Waals surface area contributed by atoms with Gasteiger partial charge in [0.15, 0.2) is 9.84 Å². The van der Waals surface area contributed by atoms with Crippen LogP contribution in [0.5, 0.6) is 0 Å². The van der Waals surface area contributed by atoms with E-state index in [2.05, 4.69) is 5.32 Å². The predicted octanol–water partition coefficient (Wildman–Crippen LogP) is 4.26. The second-order valence-electron chi connectivity index (χ2n) is 5.99. The summed E-state index contributed by atoms with van der Waals surface area (Å²) in [6.07, 6.45) is 2.65. The first-order chi connectivity index (χ1) is 11.7. The minimum absolute atomic E-state index is 0.0916. The van der Waals surface area contributed by atoms with Crippen molar-refractivity contribution in [3.05, 3.63) is 63.7 Å². The molecule has 0 aliphatic rings. The molecule has 134 valence electrons. The number of benzene rings is 2. The second-order valence-corrected chi connectivity index (χ2v) is 8.54. The van der Waals surface area contributed by atoms with E-state index in [1.807, 2.05) is 26.0 Å². The molecule has 2 aromatic carbocycles. The fraction of sp³-hybridized carbons (Fsp3) is 0.316. The zero-order valence-electron chi connectivity index (χ0n) is 14.6. The van der Waals surface area contributed by atoms with Gasteiger partial charge >= 0.3 is 0 Å². The van der Waals surface area contributed by atoms with Crippen molar-refractivity contribution in [2.24, 2.45) is 0 Å². The third-order valence-corrected chi connectivity index (χ3v) is 5.14. The molecule has 0 bridgehead atoms. The van der Waals surface area contributed by atoms with E-state index >= 15 is 0 Å². The van der Waals surface area contributed by atoms with Crippen LogP contribution in [-0.4, -0.2) is 20.6 Å². The Morgan fingerprint density at radius 3 is 2.44 bits per heavy atom. The van der Waals surface area contributed by atoms with Gasteiger partial charge in [-0.15, -0.1) is 0 Å². The van der Waals surface area contributed by atoms with Crippen LogP contribution in [0.1, 0.15) is 40.9 Å². The van der Waals surface area contributed by atoms with Gasteiger partial charge < -0.3 is 5.32 Å². The van der Waals surface area contributed by atoms with E-state index < -0.39 is 9.84 Å². The summed E-state index contributed by atoms with van der Waals surface area (Å²) in [6.45, 7) is 4.01. The van der Waals surface area contributed by atoms with Gasteiger partial charge in [-0.2, -0.15) is 0 Å². The van der Waals surface area contributed by atoms with E-state index in [0.717, 1.165) is 23.2 Å². The predicted molar refractivity (Wildman–Crippen MR) is 103 cm³/mol. The van der Waals surface area contributed by atoms with Gasteiger partial charge in [0.2, 0.25) is 0 Å². The highest BCUT2D eigenvalue weighted by atomic mass is 35.5. The molecule has 0 atom stereocenters. The summed E-state index contributed by atoms with van der Waals surface area (Å²) < 4.78 is 22.9. The monoisotopic (exact) mass is 379 g/mol. The minimum Gasteiger partial charge on any atom is -0.321 e. The van der Waals surface area contributed by atoms with E-state index in [0.29, 0.717) is 22.6 Å². The molecule has 1 amide bonds. The Hall–Kier alpha value is -1.85. The lowest BCUT2D eigenvalue weighted by molar-refractivity contribution is 0.102. The van der Waals surface area contributed by atoms with Crippen molar-refractivity contribution in [3.63, 3.8) is 0 Å². The van der Waals surface area contributed by atoms with Gasteiger partial charge in [-0.25, -0.2) is 8.42 Å². The highest BCUT2D eigenvalue weighted by Gasteiger charge is 2.15. The number of carbonyl (C=O) groups excluding carboxylic acids is 1. The summed E-state index contributed by atoms with van der Waals surface area (Å²) in [5.74, 6) is -0.367. The van der Waals surface area contributed by atoms with Crippen LogP contribution in [0.3, 0.4) is 0 Å². The normalized spacial score (nSPS) is 11.4. The summed E-state index contributed by atoms with van der Waals surface area (Å²) in [6, 6.07) is 10.4. The molecule has 0 fully saturated rings. The Morgan fingerprint density at radius 2 is 1.84 bits per heavy atom. The number of hydrogen-bond donors (Lipinski definition) is 1. The summed E-state index contributed by atoms with van der Waals surface area (Å²) >= 11 is 6.27. The van der Waals surface area contributed by atoms with Crippen LogP contribution in [0.15, 0.2) is 36.4 Å². The van der Waals surface area contributed by atoms with Crippen molar-refractivity contribution in [2.75, 3.05) is 11.6 Å². The Labute approximate surface area is 154 Å². The second kappa shape index (κ2) is 8.02. The first kappa shape index (κ1) is 19.5. The first-order valence-corrected chi connectivity index (χ1v) is 10.6. The van der Waals surface area contributed by atoms with Crippen LogP contribution < -0.4 is 5.32 Å². The zero-order valence-corrected chi connectivity index (χ0v) is 16.2. The van der Waals surface area contributed by atoms with Crippen molar-refractivity contribution in [1.29, 1.82) is 0 Å². The molecule has 0 spiro atoms. The van der Waals surface area contributed by atoms with Crippen molar-refractivity contribution in [3.8, 4) is 0 Å². The summed E-state index contributed by atoms with van der Waals surface area (Å²) in [5.41, 5.74) is 3.68. The van der Waals surface area contributed by atoms with Gasteiger partial charge in [-0.1, -0.05) is 43.6 Å². The van der Waals surface area contributed by atoms with Gasteiger partial charge in [0.05, 0.1) is 5.75 Å². The van der Waals surface area contributed by atoms with Crippen molar-refractivity contribution >= 4 is 33.0 Å². The number of anilines is 1. The van der Waals surface area contributed by atoms with E-state index in [1.165, 1.54) is 6.26 Å². The lowest BCUT2D eigenvalue weighted by Gasteiger charge is -2.16. The van der Waals surface area contributed by atoms with E-state index in [1.54, 1.807) is 24.3 Å². The molecular weight excluding hydrogens is 358 g/mol. The minimum atomic E-state index is -3.15. The van der Waals surface area contributed by atoms with E-state index in [9.17, 15) is 13.2 Å². The molecule has 0 aliphatic heterocycles. The number of nitrogens with one attached hydrogen (secondary N) is 1. The van der Waals surface area contributed by atoms with Crippen LogP contribution >= 0.6 is 11.6 Å². The molecule has 0 saturated carbocycles. The lowest BCUT2D eigenvalue weighted by atomic mass is 10.0. The molecule has 6 heteroatoms. The number of amides is 1. The van der Waals surface area contributed by atoms with Crippen LogP contribution in [0, 0.1) is 0 Å². The van der Waals surface area contributed by atoms with Crippen LogP contribution in [-0.2, 0) is 28.4 Å². The van der Waals surface area contributed by atoms with Crippen molar-refractivity contribution < 1.29 is 13.2 Å². The third kappa shape index (κ3) is 5.06. The maximum absolute atomic E-state index is 12.7. The SMILES string of the molecule is CCc1ccc(Cl)c(CC)c1NC(=O)c1cccc(CS(C)(=O)=O)c1. The van der Waals surface area contributed by atoms with Crippen molar-refractivity contribution in [1.82, 2.24) is 0 Å². The number of hydrogen-bond acceptors (Lipinski definition) is 3. The third-order valence-electron chi connectivity index (χ3n) is 3.93. The number of rotatable bonds is 6. The fourth-order valence-corrected chi connectivity index (χ4v) is 3.83. The number of halogens is 1. The van der Waals surface area contributed by atoms with Crippen LogP contribution in [0.2, 0.25) is 5.02 Å². The standard InChI is InChI=1S/C19H22ClNO3S/c1-4-14-9-10-17(20)16(5-2)18(14)21-19(22)15-8-6-7-13(11-15)12-25(3,23)24/h6-11H,4-5,12H2,1-3H3,(H,21,22). The van der Waals surface area contributed by atoms with Gasteiger partial charge in [0, 0.05) is 22.5 Å². The molecule has 2 rings (SSSR count). The number of sulfone groups is 1. The Morgan fingerprint density at radius 1 is 1.12 bits per heavy atom. The molecule has 0 radical (unpaired) electrons. The van der Waals surface area contributed by atoms with Crippen LogP contribution in [0.4, 0.5) is 5.69 Å². The molecule has 0 aliphatic carbocycles. The van der Waals surface area contributed by atoms with E-state index in [4.69, 9.17) is 11.6 Å². The highest BCUT2D eigenvalue weighted by Crippen LogP contribution is 2.30. The largest absolute Gasteiger partial charge is 0.321 e. The first-order valence-electron chi connectivity index (χ1n) is 8.13. The van der Waals surface area contributed by atoms with Crippen molar-refractivity contribution in [2.45, 2.75) is 32.4 Å². The summed E-state index contributed by atoms with van der Waals surface area (Å²) in [5, 5.41) is 3.58. The van der Waals surface area contributed by atoms with E-state index in [-0.39, 0.29) is 11.7 Å². The number of aryl methyl sites for hydroxylation is 1. The maximum atomic E-state index is 12.7. The molecule has 0 heterocycles. The molecule has 0 saturated heterocycles. The average Bonchev–Trinajstić information content (AvgIpc) is 2.54. The van der Waals surface area contributed by atoms with Gasteiger partial charge in [0.25, 0.3) is 5.91 Å². The lowest BCUT2D eigenvalue weighted by Crippen LogP contribution is -2.15. The summed E-state index contributed by atoms with van der Waals surface area (Å²) in [7, 11) is -3.15. The fourth-order valence-electron chi connectivity index (χ4n) is 2.76. The highest BCUT2D eigenvalue weighted by molar-refractivity contribution is 7.89. The Kier molecular flexibility index (Phi) is 6.25. The summed E-state index contributed by atoms with van der Waals surface area (Å²) in [4.78, 5) is 12.7. The average molecular weight is 380 g/mol. The smallest absolute Gasteiger partial charge is 0.255 e. The maximum Gasteiger partial charge on any atom is 0.255 e.